The smallest absolute Gasteiger partial charge is 0.415 e. The minimum Gasteiger partial charge on any atom is -0.506 e. The number of nitrogens with zero attached hydrogens (tertiary/aromatic N) is 3. The molecule has 0 aromatic heterocycles. The molecule has 1 aromatic rings. The Balaban J connectivity index is 2.07. The van der Waals surface area contributed by atoms with Crippen molar-refractivity contribution in [3.05, 3.63) is 17.4 Å². The molecule has 39 heavy (non-hydrogen) atoms. The maximum absolute atomic E-state index is 15.9. The van der Waals surface area contributed by atoms with E-state index in [1.54, 1.807) is 46.3 Å². The lowest BCUT2D eigenvalue weighted by Gasteiger charge is -2.33. The van der Waals surface area contributed by atoms with Crippen LogP contribution >= 0.6 is 0 Å². The van der Waals surface area contributed by atoms with Crippen molar-refractivity contribution in [2.24, 2.45) is 0 Å². The molecule has 13 nitrogen and oxygen atoms in total. The molecule has 0 aliphatic carbocycles. The van der Waals surface area contributed by atoms with Crippen LogP contribution in [0.3, 0.4) is 0 Å². The maximum atomic E-state index is 15.9. The van der Waals surface area contributed by atoms with Crippen molar-refractivity contribution in [2.75, 3.05) is 42.6 Å². The van der Waals surface area contributed by atoms with Crippen LogP contribution in [0.1, 0.15) is 47.1 Å². The van der Waals surface area contributed by atoms with Crippen LogP contribution in [0, 0.1) is 5.82 Å². The van der Waals surface area contributed by atoms with Crippen molar-refractivity contribution in [1.82, 2.24) is 9.62 Å². The van der Waals surface area contributed by atoms with E-state index in [-0.39, 0.29) is 37.4 Å². The number of amides is 3. The first-order valence-electron chi connectivity index (χ1n) is 12.2. The first-order valence-corrected chi connectivity index (χ1v) is 13.7. The van der Waals surface area contributed by atoms with Crippen LogP contribution in [0.25, 0.3) is 0 Å². The molecule has 0 unspecified atom stereocenters. The monoisotopic (exact) mass is 574 g/mol. The van der Waals surface area contributed by atoms with Crippen LogP contribution in [0.5, 0.6) is 5.75 Å². The molecular formula is C24H35FN4O9S. The molecule has 1 aromatic carbocycles. The van der Waals surface area contributed by atoms with Crippen LogP contribution in [0.15, 0.2) is 6.07 Å². The van der Waals surface area contributed by atoms with Gasteiger partial charge in [0, 0.05) is 38.2 Å². The minimum absolute atomic E-state index is 0.0558. The van der Waals surface area contributed by atoms with Crippen molar-refractivity contribution < 1.29 is 46.5 Å². The molecule has 1 atom stereocenters. The molecule has 0 radical (unpaired) electrons. The van der Waals surface area contributed by atoms with Gasteiger partial charge in [0.05, 0.1) is 18.3 Å². The van der Waals surface area contributed by atoms with Crippen LogP contribution in [-0.4, -0.2) is 87.1 Å². The molecule has 0 saturated carbocycles. The van der Waals surface area contributed by atoms with Gasteiger partial charge in [0.2, 0.25) is 0 Å². The summed E-state index contributed by atoms with van der Waals surface area (Å²) in [5.41, 5.74) is -2.61. The highest BCUT2D eigenvalue weighted by Gasteiger charge is 2.44. The van der Waals surface area contributed by atoms with E-state index < -0.39 is 69.3 Å². The summed E-state index contributed by atoms with van der Waals surface area (Å²) >= 11 is 0. The molecular weight excluding hydrogens is 539 g/mol. The van der Waals surface area contributed by atoms with E-state index in [2.05, 4.69) is 0 Å². The summed E-state index contributed by atoms with van der Waals surface area (Å²) in [6, 6.07) is 0.168. The first-order chi connectivity index (χ1) is 17.8. The van der Waals surface area contributed by atoms with E-state index in [9.17, 15) is 27.9 Å². The van der Waals surface area contributed by atoms with Gasteiger partial charge in [-0.3, -0.25) is 9.69 Å². The number of methoxy groups -OCH3 is 1. The molecule has 0 spiro atoms. The van der Waals surface area contributed by atoms with Crippen LogP contribution < -0.4 is 13.9 Å². The number of benzene rings is 1. The highest BCUT2D eigenvalue weighted by atomic mass is 32.2. The Morgan fingerprint density at radius 2 is 1.79 bits per heavy atom. The Kier molecular flexibility index (Phi) is 8.27. The number of ether oxygens (including phenoxy) is 3. The van der Waals surface area contributed by atoms with Gasteiger partial charge in [-0.15, -0.1) is 0 Å². The SMILES string of the molecule is COCCN(C[C@H]1Cc2c(cc(O)c(N3CC(=O)NS3(=O)=O)c2F)N1C(=O)OC(C)(C)C)C(=O)OC(C)(C)C. The van der Waals surface area contributed by atoms with Gasteiger partial charge < -0.3 is 24.2 Å². The van der Waals surface area contributed by atoms with E-state index in [1.807, 2.05) is 0 Å². The number of phenolic OH excluding ortho intramolecular Hbond substituents is 1. The molecule has 0 bridgehead atoms. The fourth-order valence-electron chi connectivity index (χ4n) is 4.21. The second-order valence-corrected chi connectivity index (χ2v) is 12.8. The summed E-state index contributed by atoms with van der Waals surface area (Å²) in [7, 11) is -2.98. The summed E-state index contributed by atoms with van der Waals surface area (Å²) in [4.78, 5) is 40.5. The Labute approximate surface area is 226 Å². The quantitative estimate of drug-likeness (QED) is 0.520. The Morgan fingerprint density at radius 3 is 2.31 bits per heavy atom. The highest BCUT2D eigenvalue weighted by Crippen LogP contribution is 2.45. The minimum atomic E-state index is -4.43. The fourth-order valence-corrected chi connectivity index (χ4v) is 5.38. The Bertz CT molecular complexity index is 1260. The zero-order valence-corrected chi connectivity index (χ0v) is 23.8. The van der Waals surface area contributed by atoms with Gasteiger partial charge in [-0.1, -0.05) is 0 Å². The molecule has 2 aliphatic heterocycles. The van der Waals surface area contributed by atoms with Crippen LogP contribution in [-0.2, 0) is 35.6 Å². The molecule has 1 saturated heterocycles. The molecule has 2 heterocycles. The lowest BCUT2D eigenvalue weighted by molar-refractivity contribution is -0.117. The van der Waals surface area contributed by atoms with Gasteiger partial charge in [0.15, 0.2) is 5.82 Å². The number of carbonyl (C=O) groups excluding carboxylic acids is 3. The average Bonchev–Trinajstić information content (AvgIpc) is 3.24. The maximum Gasteiger partial charge on any atom is 0.415 e. The van der Waals surface area contributed by atoms with Crippen molar-refractivity contribution in [2.45, 2.75) is 65.2 Å². The van der Waals surface area contributed by atoms with E-state index >= 15 is 4.39 Å². The van der Waals surface area contributed by atoms with E-state index in [4.69, 9.17) is 14.2 Å². The van der Waals surface area contributed by atoms with Gasteiger partial charge in [-0.05, 0) is 41.5 Å². The van der Waals surface area contributed by atoms with Crippen LogP contribution in [0.2, 0.25) is 0 Å². The van der Waals surface area contributed by atoms with Gasteiger partial charge in [-0.25, -0.2) is 23.0 Å². The van der Waals surface area contributed by atoms with Crippen molar-refractivity contribution in [3.63, 3.8) is 0 Å². The molecule has 218 valence electrons. The number of fused-ring (bicyclic) bond motifs is 1. The number of hydrogen-bond donors (Lipinski definition) is 2. The van der Waals surface area contributed by atoms with Crippen molar-refractivity contribution in [3.8, 4) is 5.75 Å². The lowest BCUT2D eigenvalue weighted by atomic mass is 10.1. The Hall–Kier alpha value is -3.33. The number of phenols is 1. The second kappa shape index (κ2) is 10.7. The Morgan fingerprint density at radius 1 is 1.18 bits per heavy atom. The summed E-state index contributed by atoms with van der Waals surface area (Å²) in [6.45, 7) is 9.43. The number of aromatic hydroxyl groups is 1. The number of carbonyl (C=O) groups is 3. The van der Waals surface area contributed by atoms with E-state index in [0.717, 1.165) is 11.0 Å². The topological polar surface area (TPSA) is 155 Å². The molecule has 1 fully saturated rings. The average molecular weight is 575 g/mol. The van der Waals surface area contributed by atoms with Crippen molar-refractivity contribution >= 4 is 39.7 Å². The number of nitrogens with one attached hydrogen (secondary N) is 1. The normalized spacial score (nSPS) is 18.6. The number of halogens is 1. The number of rotatable bonds is 6. The number of hydrogen-bond acceptors (Lipinski definition) is 9. The largest absolute Gasteiger partial charge is 0.506 e. The molecule has 2 aliphatic rings. The third-order valence-corrected chi connectivity index (χ3v) is 7.05. The molecule has 3 amide bonds. The third-order valence-electron chi connectivity index (χ3n) is 5.67. The standard InChI is InChI=1S/C24H35FN4O9S/c1-23(2,3)37-21(32)27(8-9-36-7)12-14-10-15-16(29(14)22(33)38-24(4,5)6)11-17(30)20(19(15)25)28-13-18(31)26-39(28,34)35/h11,14,30H,8-10,12-13H2,1-7H3,(H,26,31)/t14-/m1/s1. The summed E-state index contributed by atoms with van der Waals surface area (Å²) in [5.74, 6) is -2.82. The lowest BCUT2D eigenvalue weighted by Crippen LogP contribution is -2.50. The van der Waals surface area contributed by atoms with E-state index in [1.165, 1.54) is 12.0 Å². The predicted octanol–water partition coefficient (Wildman–Crippen LogP) is 2.26. The predicted molar refractivity (Wildman–Crippen MR) is 138 cm³/mol. The molecule has 15 heteroatoms. The zero-order valence-electron chi connectivity index (χ0n) is 23.0. The molecule has 2 N–H and O–H groups in total. The van der Waals surface area contributed by atoms with Gasteiger partial charge in [0.1, 0.15) is 29.2 Å². The zero-order chi connectivity index (χ0) is 29.5. The summed E-state index contributed by atoms with van der Waals surface area (Å²) in [5, 5.41) is 10.7. The number of anilines is 2. The third kappa shape index (κ3) is 6.82. The highest BCUT2D eigenvalue weighted by molar-refractivity contribution is 7.92. The fraction of sp³-hybridized carbons (Fsp3) is 0.625. The van der Waals surface area contributed by atoms with Gasteiger partial charge in [-0.2, -0.15) is 8.42 Å². The van der Waals surface area contributed by atoms with E-state index in [0.29, 0.717) is 4.31 Å². The van der Waals surface area contributed by atoms with Gasteiger partial charge >= 0.3 is 22.4 Å². The first kappa shape index (κ1) is 30.2. The summed E-state index contributed by atoms with van der Waals surface area (Å²) < 4.78 is 58.9. The molecule has 3 rings (SSSR count). The summed E-state index contributed by atoms with van der Waals surface area (Å²) in [6.07, 6.45) is -1.70. The second-order valence-electron chi connectivity index (χ2n) is 11.2. The van der Waals surface area contributed by atoms with Crippen LogP contribution in [0.4, 0.5) is 25.4 Å². The van der Waals surface area contributed by atoms with Crippen molar-refractivity contribution in [1.29, 1.82) is 0 Å². The van der Waals surface area contributed by atoms with Gasteiger partial charge in [0.25, 0.3) is 5.91 Å².